The molecule has 0 aliphatic heterocycles. The van der Waals surface area contributed by atoms with E-state index < -0.39 is 6.61 Å². The summed E-state index contributed by atoms with van der Waals surface area (Å²) in [5.74, 6) is 6.12. The topological polar surface area (TPSA) is 9.23 Å². The van der Waals surface area contributed by atoms with Gasteiger partial charge in [-0.3, -0.25) is 0 Å². The third-order valence-electron chi connectivity index (χ3n) is 3.57. The van der Waals surface area contributed by atoms with Crippen LogP contribution in [0.3, 0.4) is 0 Å². The van der Waals surface area contributed by atoms with Gasteiger partial charge in [-0.1, -0.05) is 24.0 Å². The highest BCUT2D eigenvalue weighted by Gasteiger charge is 2.19. The van der Waals surface area contributed by atoms with Crippen molar-refractivity contribution in [2.75, 3.05) is 0 Å². The average Bonchev–Trinajstić information content (AvgIpc) is 3.38. The molecule has 1 saturated carbocycles. The van der Waals surface area contributed by atoms with E-state index in [1.807, 2.05) is 0 Å². The van der Waals surface area contributed by atoms with Gasteiger partial charge in [0, 0.05) is 16.7 Å². The summed E-state index contributed by atoms with van der Waals surface area (Å²) in [5.41, 5.74) is 1.88. The van der Waals surface area contributed by atoms with Crippen molar-refractivity contribution in [1.29, 1.82) is 0 Å². The largest absolute Gasteiger partial charge is 0.435 e. The molecule has 1 aliphatic rings. The van der Waals surface area contributed by atoms with Gasteiger partial charge in [-0.15, -0.1) is 0 Å². The number of hydrogen-bond acceptors (Lipinski definition) is 1. The molecule has 0 atom stereocenters. The normalized spacial score (nSPS) is 14.2. The lowest BCUT2D eigenvalue weighted by molar-refractivity contribution is -0.0498. The maximum atomic E-state index is 14.1. The zero-order valence-electron chi connectivity index (χ0n) is 12.8. The maximum absolute atomic E-state index is 14.1. The zero-order chi connectivity index (χ0) is 16.9. The second-order valence-corrected chi connectivity index (χ2v) is 5.59. The second-order valence-electron chi connectivity index (χ2n) is 5.59. The molecule has 4 heteroatoms. The van der Waals surface area contributed by atoms with Gasteiger partial charge >= 0.3 is 6.61 Å². The van der Waals surface area contributed by atoms with Crippen molar-refractivity contribution in [3.05, 3.63) is 71.3 Å². The van der Waals surface area contributed by atoms with E-state index in [0.29, 0.717) is 22.6 Å². The molecule has 0 bridgehead atoms. The summed E-state index contributed by atoms with van der Waals surface area (Å²) in [6.07, 6.45) is 3.77. The van der Waals surface area contributed by atoms with Crippen LogP contribution in [0.5, 0.6) is 5.75 Å². The highest BCUT2D eigenvalue weighted by atomic mass is 19.3. The first-order valence-electron chi connectivity index (χ1n) is 7.65. The minimum atomic E-state index is -2.84. The number of rotatable bonds is 4. The van der Waals surface area contributed by atoms with Crippen molar-refractivity contribution >= 4 is 5.83 Å². The van der Waals surface area contributed by atoms with E-state index in [0.717, 1.165) is 12.8 Å². The van der Waals surface area contributed by atoms with Gasteiger partial charge in [0.1, 0.15) is 11.6 Å². The number of allylic oxidation sites excluding steroid dienone is 1. The molecule has 1 nitrogen and oxygen atoms in total. The van der Waals surface area contributed by atoms with Crippen molar-refractivity contribution in [1.82, 2.24) is 0 Å². The van der Waals surface area contributed by atoms with Crippen LogP contribution in [0, 0.1) is 17.8 Å². The Morgan fingerprint density at radius 1 is 1.04 bits per heavy atom. The van der Waals surface area contributed by atoms with Crippen molar-refractivity contribution in [3.8, 4) is 17.6 Å². The van der Waals surface area contributed by atoms with Gasteiger partial charge in [0.2, 0.25) is 0 Å². The van der Waals surface area contributed by atoms with Crippen LogP contribution in [0.25, 0.3) is 5.83 Å². The van der Waals surface area contributed by atoms with E-state index in [4.69, 9.17) is 0 Å². The van der Waals surface area contributed by atoms with E-state index in [9.17, 15) is 13.2 Å². The van der Waals surface area contributed by atoms with Gasteiger partial charge in [-0.25, -0.2) is 4.39 Å². The summed E-state index contributed by atoms with van der Waals surface area (Å²) in [7, 11) is 0. The van der Waals surface area contributed by atoms with Crippen molar-refractivity contribution in [3.63, 3.8) is 0 Å². The van der Waals surface area contributed by atoms with Gasteiger partial charge in [0.05, 0.1) is 0 Å². The molecule has 0 spiro atoms. The zero-order valence-corrected chi connectivity index (χ0v) is 12.8. The van der Waals surface area contributed by atoms with Crippen LogP contribution in [-0.2, 0) is 0 Å². The molecular weight excluding hydrogens is 313 g/mol. The van der Waals surface area contributed by atoms with E-state index in [-0.39, 0.29) is 11.6 Å². The number of hydrogen-bond donors (Lipinski definition) is 0. The Morgan fingerprint density at radius 3 is 2.42 bits per heavy atom. The third-order valence-corrected chi connectivity index (χ3v) is 3.57. The lowest BCUT2D eigenvalue weighted by atomic mass is 10.1. The first-order chi connectivity index (χ1) is 11.6. The number of benzene rings is 2. The molecule has 3 rings (SSSR count). The van der Waals surface area contributed by atoms with Crippen LogP contribution < -0.4 is 4.74 Å². The fourth-order valence-corrected chi connectivity index (χ4v) is 2.18. The molecule has 0 aromatic heterocycles. The number of halogens is 3. The van der Waals surface area contributed by atoms with Crippen LogP contribution in [0.1, 0.15) is 29.5 Å². The fraction of sp³-hybridized carbons (Fsp3) is 0.200. The smallest absolute Gasteiger partial charge is 0.387 e. The molecule has 0 heterocycles. The molecule has 1 fully saturated rings. The van der Waals surface area contributed by atoms with Gasteiger partial charge in [0.15, 0.2) is 0 Å². The lowest BCUT2D eigenvalue weighted by Crippen LogP contribution is -2.01. The van der Waals surface area contributed by atoms with Crippen LogP contribution in [0.15, 0.2) is 54.6 Å². The summed E-state index contributed by atoms with van der Waals surface area (Å²) in [4.78, 5) is 0. The summed E-state index contributed by atoms with van der Waals surface area (Å²) in [5, 5.41) is 0. The fourth-order valence-electron chi connectivity index (χ4n) is 2.18. The van der Waals surface area contributed by atoms with Gasteiger partial charge in [0.25, 0.3) is 0 Å². The van der Waals surface area contributed by atoms with E-state index in [1.165, 1.54) is 12.1 Å². The van der Waals surface area contributed by atoms with Crippen molar-refractivity contribution < 1.29 is 17.9 Å². The first-order valence-corrected chi connectivity index (χ1v) is 7.65. The molecule has 0 radical (unpaired) electrons. The minimum absolute atomic E-state index is 0.0878. The Hall–Kier alpha value is -2.67. The Morgan fingerprint density at radius 2 is 1.75 bits per heavy atom. The number of ether oxygens (including phenoxy) is 1. The SMILES string of the molecule is FC(=CC1CC1)c1cccc(C#Cc2ccc(OC(F)F)cc2)c1. The van der Waals surface area contributed by atoms with Crippen molar-refractivity contribution in [2.24, 2.45) is 5.92 Å². The minimum Gasteiger partial charge on any atom is -0.435 e. The predicted octanol–water partition coefficient (Wildman–Crippen LogP) is 5.41. The van der Waals surface area contributed by atoms with Gasteiger partial charge < -0.3 is 4.74 Å². The number of alkyl halides is 2. The highest BCUT2D eigenvalue weighted by molar-refractivity contribution is 5.61. The summed E-state index contributed by atoms with van der Waals surface area (Å²) in [6, 6.07) is 13.1. The highest BCUT2D eigenvalue weighted by Crippen LogP contribution is 2.33. The van der Waals surface area contributed by atoms with Crippen LogP contribution in [-0.4, -0.2) is 6.61 Å². The molecule has 2 aromatic rings. The third kappa shape index (κ3) is 4.66. The molecule has 1 aliphatic carbocycles. The maximum Gasteiger partial charge on any atom is 0.387 e. The van der Waals surface area contributed by atoms with Gasteiger partial charge in [-0.05, 0) is 61.2 Å². The van der Waals surface area contributed by atoms with E-state index >= 15 is 0 Å². The Labute approximate surface area is 138 Å². The van der Waals surface area contributed by atoms with Crippen LogP contribution >= 0.6 is 0 Å². The summed E-state index contributed by atoms with van der Waals surface area (Å²) >= 11 is 0. The molecule has 122 valence electrons. The van der Waals surface area contributed by atoms with E-state index in [1.54, 1.807) is 42.5 Å². The van der Waals surface area contributed by atoms with Crippen LogP contribution in [0.2, 0.25) is 0 Å². The van der Waals surface area contributed by atoms with Gasteiger partial charge in [-0.2, -0.15) is 8.78 Å². The predicted molar refractivity (Wildman–Crippen MR) is 87.3 cm³/mol. The quantitative estimate of drug-likeness (QED) is 0.682. The van der Waals surface area contributed by atoms with E-state index in [2.05, 4.69) is 16.6 Å². The monoisotopic (exact) mass is 328 g/mol. The molecule has 0 amide bonds. The first kappa shape index (κ1) is 16.2. The lowest BCUT2D eigenvalue weighted by Gasteiger charge is -2.03. The second kappa shape index (κ2) is 7.27. The average molecular weight is 328 g/mol. The summed E-state index contributed by atoms with van der Waals surface area (Å²) in [6.45, 7) is -2.84. The standard InChI is InChI=1S/C20H15F3O/c21-19(13-16-6-7-16)17-3-1-2-15(12-17)5-4-14-8-10-18(11-9-14)24-20(22)23/h1-3,8-13,16,20H,6-7H2. The molecule has 0 N–H and O–H groups in total. The van der Waals surface area contributed by atoms with Crippen LogP contribution in [0.4, 0.5) is 13.2 Å². The molecule has 0 saturated heterocycles. The Balaban J connectivity index is 1.73. The Bertz CT molecular complexity index is 794. The molecule has 24 heavy (non-hydrogen) atoms. The van der Waals surface area contributed by atoms with Crippen molar-refractivity contribution in [2.45, 2.75) is 19.5 Å². The Kier molecular flexibility index (Phi) is 4.90. The summed E-state index contributed by atoms with van der Waals surface area (Å²) < 4.78 is 42.5. The molecular formula is C20H15F3O. The molecule has 2 aromatic carbocycles. The molecule has 0 unspecified atom stereocenters.